The van der Waals surface area contributed by atoms with Gasteiger partial charge >= 0.3 is 0 Å². The molecule has 1 aliphatic carbocycles. The van der Waals surface area contributed by atoms with E-state index in [0.29, 0.717) is 18.8 Å². The molecule has 2 amide bonds. The number of nitrogens with one attached hydrogen (secondary N) is 1. The summed E-state index contributed by atoms with van der Waals surface area (Å²) in [5.41, 5.74) is 2.28. The van der Waals surface area contributed by atoms with Gasteiger partial charge in [-0.1, -0.05) is 72.8 Å². The zero-order valence-corrected chi connectivity index (χ0v) is 17.5. The number of fused-ring (bicyclic) bond motifs is 2. The van der Waals surface area contributed by atoms with E-state index >= 15 is 0 Å². The second-order valence-corrected chi connectivity index (χ2v) is 8.62. The van der Waals surface area contributed by atoms with Crippen molar-refractivity contribution in [3.63, 3.8) is 0 Å². The van der Waals surface area contributed by atoms with Crippen molar-refractivity contribution < 1.29 is 9.59 Å². The van der Waals surface area contributed by atoms with Gasteiger partial charge in [0.05, 0.1) is 23.9 Å². The van der Waals surface area contributed by atoms with Gasteiger partial charge in [0.25, 0.3) is 5.95 Å². The van der Waals surface area contributed by atoms with Crippen LogP contribution in [0.2, 0.25) is 0 Å². The molecule has 1 saturated heterocycles. The van der Waals surface area contributed by atoms with E-state index in [2.05, 4.69) is 39.7 Å². The molecule has 0 unspecified atom stereocenters. The topological polar surface area (TPSA) is 80.1 Å². The molecule has 32 heavy (non-hydrogen) atoms. The van der Waals surface area contributed by atoms with Crippen molar-refractivity contribution in [2.24, 2.45) is 11.8 Å². The van der Waals surface area contributed by atoms with Crippen LogP contribution in [-0.2, 0) is 9.59 Å². The lowest BCUT2D eigenvalue weighted by molar-refractivity contribution is -0.122. The normalized spacial score (nSPS) is 26.6. The van der Waals surface area contributed by atoms with Crippen molar-refractivity contribution in [3.05, 3.63) is 83.9 Å². The average Bonchev–Trinajstić information content (AvgIpc) is 3.38. The number of carbonyl (C=O) groups is 2. The van der Waals surface area contributed by atoms with Crippen LogP contribution in [0, 0.1) is 11.8 Å². The predicted molar refractivity (Wildman–Crippen MR) is 120 cm³/mol. The first-order valence-corrected chi connectivity index (χ1v) is 11.1. The van der Waals surface area contributed by atoms with Gasteiger partial charge in [-0.05, 0) is 30.4 Å². The largest absolute Gasteiger partial charge is 0.347 e. The third-order valence-electron chi connectivity index (χ3n) is 6.77. The molecular formula is C25H23N5O2. The minimum atomic E-state index is -0.303. The SMILES string of the molecule is O=C1[C@H]2CC=CC[C@H]2C(=O)N1c1nc2n(n1)[C@@H](c1ccccc1)C[C@@H](c1ccccc1)N2. The number of imide groups is 1. The van der Waals surface area contributed by atoms with E-state index in [-0.39, 0.29) is 41.7 Å². The summed E-state index contributed by atoms with van der Waals surface area (Å²) in [4.78, 5) is 32.0. The van der Waals surface area contributed by atoms with Crippen LogP contribution in [0.15, 0.2) is 72.8 Å². The fraction of sp³-hybridized carbons (Fsp3) is 0.280. The molecule has 6 rings (SSSR count). The van der Waals surface area contributed by atoms with E-state index < -0.39 is 0 Å². The van der Waals surface area contributed by atoms with Gasteiger partial charge in [0.2, 0.25) is 17.8 Å². The van der Waals surface area contributed by atoms with E-state index in [9.17, 15) is 9.59 Å². The lowest BCUT2D eigenvalue weighted by Gasteiger charge is -2.31. The molecule has 1 fully saturated rings. The van der Waals surface area contributed by atoms with Crippen LogP contribution in [0.25, 0.3) is 0 Å². The Morgan fingerprint density at radius 1 is 0.812 bits per heavy atom. The summed E-state index contributed by atoms with van der Waals surface area (Å²) in [7, 11) is 0. The lowest BCUT2D eigenvalue weighted by Crippen LogP contribution is -2.32. The first-order valence-electron chi connectivity index (χ1n) is 11.1. The maximum Gasteiger partial charge on any atom is 0.260 e. The van der Waals surface area contributed by atoms with Crippen molar-refractivity contribution in [1.29, 1.82) is 0 Å². The second-order valence-electron chi connectivity index (χ2n) is 8.62. The molecule has 7 nitrogen and oxygen atoms in total. The van der Waals surface area contributed by atoms with Crippen molar-refractivity contribution in [1.82, 2.24) is 14.8 Å². The smallest absolute Gasteiger partial charge is 0.260 e. The molecule has 0 bridgehead atoms. The minimum Gasteiger partial charge on any atom is -0.347 e. The number of benzene rings is 2. The van der Waals surface area contributed by atoms with Crippen molar-refractivity contribution in [3.8, 4) is 0 Å². The van der Waals surface area contributed by atoms with E-state index in [1.165, 1.54) is 4.90 Å². The van der Waals surface area contributed by atoms with Gasteiger partial charge in [-0.15, -0.1) is 5.10 Å². The highest BCUT2D eigenvalue weighted by molar-refractivity contribution is 6.21. The van der Waals surface area contributed by atoms with Crippen molar-refractivity contribution in [2.45, 2.75) is 31.3 Å². The lowest BCUT2D eigenvalue weighted by atomic mass is 9.85. The third-order valence-corrected chi connectivity index (χ3v) is 6.77. The van der Waals surface area contributed by atoms with Crippen LogP contribution < -0.4 is 10.2 Å². The molecule has 1 aromatic heterocycles. The molecule has 3 heterocycles. The Bertz CT molecular complexity index is 1180. The van der Waals surface area contributed by atoms with Crippen LogP contribution in [0.1, 0.15) is 42.5 Å². The van der Waals surface area contributed by atoms with Crippen LogP contribution in [0.4, 0.5) is 11.9 Å². The van der Waals surface area contributed by atoms with Crippen LogP contribution in [0.5, 0.6) is 0 Å². The fourth-order valence-corrected chi connectivity index (χ4v) is 5.11. The number of hydrogen-bond donors (Lipinski definition) is 1. The molecule has 3 aliphatic rings. The summed E-state index contributed by atoms with van der Waals surface area (Å²) in [6, 6.07) is 20.4. The Labute approximate surface area is 185 Å². The summed E-state index contributed by atoms with van der Waals surface area (Å²) >= 11 is 0. The summed E-state index contributed by atoms with van der Waals surface area (Å²) in [6.45, 7) is 0. The van der Waals surface area contributed by atoms with Crippen LogP contribution >= 0.6 is 0 Å². The molecule has 7 heteroatoms. The van der Waals surface area contributed by atoms with Crippen molar-refractivity contribution >= 4 is 23.7 Å². The predicted octanol–water partition coefficient (Wildman–Crippen LogP) is 3.88. The Morgan fingerprint density at radius 3 is 2.03 bits per heavy atom. The number of carbonyl (C=O) groups excluding carboxylic acids is 2. The Balaban J connectivity index is 1.40. The Morgan fingerprint density at radius 2 is 1.41 bits per heavy atom. The highest BCUT2D eigenvalue weighted by Crippen LogP contribution is 2.41. The molecule has 0 saturated carbocycles. The first kappa shape index (κ1) is 19.0. The Hall–Kier alpha value is -3.74. The van der Waals surface area contributed by atoms with Gasteiger partial charge in [0.1, 0.15) is 0 Å². The number of aromatic nitrogens is 3. The van der Waals surface area contributed by atoms with Crippen molar-refractivity contribution in [2.75, 3.05) is 10.2 Å². The Kier molecular flexibility index (Phi) is 4.41. The maximum atomic E-state index is 13.1. The summed E-state index contributed by atoms with van der Waals surface area (Å²) in [5, 5.41) is 8.16. The third kappa shape index (κ3) is 2.96. The van der Waals surface area contributed by atoms with E-state index in [1.54, 1.807) is 0 Å². The number of allylic oxidation sites excluding steroid dienone is 2. The standard InChI is InChI=1S/C25H23N5O2/c31-22-18-13-7-8-14-19(18)23(32)29(22)25-27-24-26-20(16-9-3-1-4-10-16)15-21(30(24)28-25)17-11-5-2-6-12-17/h1-12,18-21H,13-15H2,(H,26,27,28)/t18-,19+,20-,21+/m0/s1. The average molecular weight is 425 g/mol. The molecule has 3 aromatic rings. The second kappa shape index (κ2) is 7.44. The number of amides is 2. The highest BCUT2D eigenvalue weighted by atomic mass is 16.2. The molecule has 2 aromatic carbocycles. The summed E-state index contributed by atoms with van der Waals surface area (Å²) < 4.78 is 1.82. The zero-order chi connectivity index (χ0) is 21.7. The molecule has 160 valence electrons. The fourth-order valence-electron chi connectivity index (χ4n) is 5.11. The maximum absolute atomic E-state index is 13.1. The van der Waals surface area contributed by atoms with Gasteiger partial charge in [-0.3, -0.25) is 9.59 Å². The molecule has 1 N–H and O–H groups in total. The molecular weight excluding hydrogens is 402 g/mol. The molecule has 0 spiro atoms. The number of rotatable bonds is 3. The quantitative estimate of drug-likeness (QED) is 0.509. The van der Waals surface area contributed by atoms with Crippen LogP contribution in [0.3, 0.4) is 0 Å². The zero-order valence-electron chi connectivity index (χ0n) is 17.5. The number of nitrogens with zero attached hydrogens (tertiary/aromatic N) is 4. The van der Waals surface area contributed by atoms with Gasteiger partial charge in [-0.25, -0.2) is 9.58 Å². The summed E-state index contributed by atoms with van der Waals surface area (Å²) in [6.07, 6.45) is 5.94. The van der Waals surface area contributed by atoms with Crippen LogP contribution in [-0.4, -0.2) is 26.6 Å². The highest BCUT2D eigenvalue weighted by Gasteiger charge is 2.49. The van der Waals surface area contributed by atoms with Gasteiger partial charge in [0.15, 0.2) is 0 Å². The molecule has 2 aliphatic heterocycles. The molecule has 0 radical (unpaired) electrons. The summed E-state index contributed by atoms with van der Waals surface area (Å²) in [5.74, 6) is -0.244. The number of anilines is 2. The van der Waals surface area contributed by atoms with E-state index in [1.807, 2.05) is 53.2 Å². The van der Waals surface area contributed by atoms with E-state index in [4.69, 9.17) is 0 Å². The monoisotopic (exact) mass is 425 g/mol. The molecule has 4 atom stereocenters. The van der Waals surface area contributed by atoms with Gasteiger partial charge in [0, 0.05) is 0 Å². The van der Waals surface area contributed by atoms with Gasteiger partial charge < -0.3 is 5.32 Å². The first-order chi connectivity index (χ1) is 15.7. The van der Waals surface area contributed by atoms with Gasteiger partial charge in [-0.2, -0.15) is 4.98 Å². The minimum absolute atomic E-state index is 0.0442. The van der Waals surface area contributed by atoms with E-state index in [0.717, 1.165) is 17.5 Å². The number of hydrogen-bond acceptors (Lipinski definition) is 5.